The number of nitrogens with zero attached hydrogens (tertiary/aromatic N) is 3. The predicted octanol–water partition coefficient (Wildman–Crippen LogP) is 18.9. The van der Waals surface area contributed by atoms with Gasteiger partial charge in [0.1, 0.15) is 6.07 Å². The largest absolute Gasteiger partial charge is 0.417 e. The predicted molar refractivity (Wildman–Crippen MR) is 246 cm³/mol. The van der Waals surface area contributed by atoms with Crippen LogP contribution >= 0.6 is 0 Å². The Bertz CT molecular complexity index is 4010. The van der Waals surface area contributed by atoms with E-state index in [-0.39, 0.29) is 61.3 Å². The molecule has 0 bridgehead atoms. The zero-order valence-corrected chi connectivity index (χ0v) is 37.6. The van der Waals surface area contributed by atoms with Crippen molar-refractivity contribution in [3.05, 3.63) is 191 Å². The number of hydrogen-bond donors (Lipinski definition) is 0. The standard InChI is InChI=1S/C55H25F18N3/c56-50(57,58)30-14-18-32(41(23-30)54(68,69)70)27-12-16-36-34-6-1-3-10-43(34)75(46(36)20-27)45-25-38(49-39(52(62,63)64)8-5-9-40(49)53(65,66)67)48(22-29(45)26-74)76-44-11-4-2-7-35(44)37-17-13-28(21-47(37)76)33-19-15-31(51(59,60)61)24-42(33)55(71,72)73/h1-25H. The molecular weight excluding hydrogens is 1040 g/mol. The number of para-hydroxylation sites is 2. The van der Waals surface area contributed by atoms with Crippen LogP contribution in [-0.2, 0) is 37.1 Å². The number of benzene rings is 8. The van der Waals surface area contributed by atoms with E-state index in [1.54, 1.807) is 0 Å². The highest BCUT2D eigenvalue weighted by Gasteiger charge is 2.44. The van der Waals surface area contributed by atoms with E-state index in [9.17, 15) is 57.9 Å². The van der Waals surface area contributed by atoms with E-state index in [4.69, 9.17) is 0 Å². The molecule has 76 heavy (non-hydrogen) atoms. The van der Waals surface area contributed by atoms with Gasteiger partial charge in [-0.05, 0) is 95.1 Å². The van der Waals surface area contributed by atoms with Crippen LogP contribution in [0.2, 0.25) is 0 Å². The number of nitriles is 1. The van der Waals surface area contributed by atoms with Crippen molar-refractivity contribution in [1.82, 2.24) is 9.13 Å². The topological polar surface area (TPSA) is 33.6 Å². The van der Waals surface area contributed by atoms with E-state index in [1.165, 1.54) is 65.2 Å². The fraction of sp³-hybridized carbons (Fsp3) is 0.109. The summed E-state index contributed by atoms with van der Waals surface area (Å²) in [5.74, 6) is 0. The zero-order valence-electron chi connectivity index (χ0n) is 37.6. The molecule has 0 fully saturated rings. The number of aromatic nitrogens is 2. The lowest BCUT2D eigenvalue weighted by molar-refractivity contribution is -0.144. The van der Waals surface area contributed by atoms with Gasteiger partial charge in [0, 0.05) is 32.7 Å². The van der Waals surface area contributed by atoms with Gasteiger partial charge in [-0.3, -0.25) is 0 Å². The Morgan fingerprint density at radius 1 is 0.316 bits per heavy atom. The van der Waals surface area contributed by atoms with Crippen molar-refractivity contribution in [2.45, 2.75) is 37.1 Å². The summed E-state index contributed by atoms with van der Waals surface area (Å²) in [6, 6.07) is 25.2. The highest BCUT2D eigenvalue weighted by Crippen LogP contribution is 2.51. The molecule has 0 atom stereocenters. The third-order valence-electron chi connectivity index (χ3n) is 12.9. The van der Waals surface area contributed by atoms with Gasteiger partial charge in [0.2, 0.25) is 0 Å². The molecule has 0 radical (unpaired) electrons. The normalized spacial score (nSPS) is 13.1. The van der Waals surface area contributed by atoms with Gasteiger partial charge in [0.05, 0.1) is 72.4 Å². The molecule has 0 aliphatic heterocycles. The van der Waals surface area contributed by atoms with Crippen LogP contribution in [0.1, 0.15) is 38.9 Å². The van der Waals surface area contributed by atoms with E-state index in [1.807, 2.05) is 6.07 Å². The van der Waals surface area contributed by atoms with Gasteiger partial charge in [-0.15, -0.1) is 0 Å². The molecule has 3 nitrogen and oxygen atoms in total. The van der Waals surface area contributed by atoms with Crippen molar-refractivity contribution < 1.29 is 79.0 Å². The first-order valence-electron chi connectivity index (χ1n) is 22.0. The van der Waals surface area contributed by atoms with Crippen molar-refractivity contribution in [3.63, 3.8) is 0 Å². The van der Waals surface area contributed by atoms with E-state index >= 15 is 26.3 Å². The molecule has 21 heteroatoms. The molecular formula is C55H25F18N3. The summed E-state index contributed by atoms with van der Waals surface area (Å²) in [5, 5.41) is 11.9. The molecule has 0 saturated carbocycles. The highest BCUT2D eigenvalue weighted by atomic mass is 19.4. The van der Waals surface area contributed by atoms with Crippen LogP contribution < -0.4 is 0 Å². The monoisotopic (exact) mass is 1070 g/mol. The van der Waals surface area contributed by atoms with Gasteiger partial charge in [-0.2, -0.15) is 84.3 Å². The van der Waals surface area contributed by atoms with Gasteiger partial charge < -0.3 is 9.13 Å². The quantitative estimate of drug-likeness (QED) is 0.158. The second-order valence-electron chi connectivity index (χ2n) is 17.4. The molecule has 0 spiro atoms. The molecule has 386 valence electrons. The van der Waals surface area contributed by atoms with E-state index < -0.39 is 115 Å². The number of hydrogen-bond acceptors (Lipinski definition) is 1. The fourth-order valence-corrected chi connectivity index (χ4v) is 9.76. The van der Waals surface area contributed by atoms with Crippen LogP contribution in [0.4, 0.5) is 79.0 Å². The van der Waals surface area contributed by atoms with Gasteiger partial charge in [0.15, 0.2) is 0 Å². The van der Waals surface area contributed by atoms with Gasteiger partial charge in [-0.25, -0.2) is 0 Å². The summed E-state index contributed by atoms with van der Waals surface area (Å²) in [5.41, 5.74) is -17.0. The first kappa shape index (κ1) is 51.1. The van der Waals surface area contributed by atoms with E-state index in [0.717, 1.165) is 41.0 Å². The molecule has 10 aromatic rings. The minimum absolute atomic E-state index is 0.00701. The van der Waals surface area contributed by atoms with Gasteiger partial charge >= 0.3 is 37.1 Å². The van der Waals surface area contributed by atoms with Crippen LogP contribution in [0, 0.1) is 11.3 Å². The molecule has 0 amide bonds. The summed E-state index contributed by atoms with van der Waals surface area (Å²) in [7, 11) is 0. The van der Waals surface area contributed by atoms with Crippen molar-refractivity contribution in [1.29, 1.82) is 5.26 Å². The Hall–Kier alpha value is -8.41. The summed E-state index contributed by atoms with van der Waals surface area (Å²) in [6.45, 7) is 0. The summed E-state index contributed by atoms with van der Waals surface area (Å²) < 4.78 is 265. The Morgan fingerprint density at radius 2 is 0.711 bits per heavy atom. The maximum absolute atomic E-state index is 15.4. The number of rotatable bonds is 5. The Balaban J connectivity index is 1.35. The van der Waals surface area contributed by atoms with E-state index in [2.05, 4.69) is 0 Å². The number of alkyl halides is 18. The molecule has 10 rings (SSSR count). The summed E-state index contributed by atoms with van der Waals surface area (Å²) in [4.78, 5) is 0. The molecule has 8 aromatic carbocycles. The lowest BCUT2D eigenvalue weighted by Crippen LogP contribution is -2.15. The molecule has 0 saturated heterocycles. The Labute approximate surface area is 414 Å². The molecule has 0 unspecified atom stereocenters. The highest BCUT2D eigenvalue weighted by molar-refractivity contribution is 6.12. The summed E-state index contributed by atoms with van der Waals surface area (Å²) >= 11 is 0. The average Bonchev–Trinajstić information content (AvgIpc) is 3.95. The van der Waals surface area contributed by atoms with Crippen LogP contribution in [-0.4, -0.2) is 9.13 Å². The first-order chi connectivity index (χ1) is 35.5. The number of halogens is 18. The van der Waals surface area contributed by atoms with Crippen LogP contribution in [0.25, 0.3) is 88.4 Å². The average molecular weight is 1070 g/mol. The van der Waals surface area contributed by atoms with Crippen molar-refractivity contribution in [3.8, 4) is 50.8 Å². The van der Waals surface area contributed by atoms with Crippen LogP contribution in [0.15, 0.2) is 152 Å². The zero-order chi connectivity index (χ0) is 54.8. The second kappa shape index (κ2) is 17.3. The van der Waals surface area contributed by atoms with Crippen molar-refractivity contribution >= 4 is 43.6 Å². The molecule has 0 N–H and O–H groups in total. The minimum Gasteiger partial charge on any atom is -0.309 e. The minimum atomic E-state index is -5.56. The first-order valence-corrected chi connectivity index (χ1v) is 22.0. The van der Waals surface area contributed by atoms with Crippen LogP contribution in [0.5, 0.6) is 0 Å². The van der Waals surface area contributed by atoms with E-state index in [0.29, 0.717) is 42.5 Å². The maximum Gasteiger partial charge on any atom is 0.417 e. The molecule has 2 aromatic heterocycles. The van der Waals surface area contributed by atoms with Crippen LogP contribution in [0.3, 0.4) is 0 Å². The fourth-order valence-electron chi connectivity index (χ4n) is 9.76. The third-order valence-corrected chi connectivity index (χ3v) is 12.9. The summed E-state index contributed by atoms with van der Waals surface area (Å²) in [6.07, 6.45) is -32.3. The smallest absolute Gasteiger partial charge is 0.309 e. The lowest BCUT2D eigenvalue weighted by atomic mass is 9.90. The number of fused-ring (bicyclic) bond motifs is 6. The van der Waals surface area contributed by atoms with Crippen molar-refractivity contribution in [2.24, 2.45) is 0 Å². The molecule has 0 aliphatic rings. The third kappa shape index (κ3) is 8.68. The maximum atomic E-state index is 15.4. The van der Waals surface area contributed by atoms with Crippen molar-refractivity contribution in [2.75, 3.05) is 0 Å². The molecule has 2 heterocycles. The van der Waals surface area contributed by atoms with Gasteiger partial charge in [0.25, 0.3) is 0 Å². The molecule has 0 aliphatic carbocycles. The SMILES string of the molecule is N#Cc1cc(-n2c3ccccc3c3ccc(-c4ccc(C(F)(F)F)cc4C(F)(F)F)cc32)c(-c2c(C(F)(F)F)cccc2C(F)(F)F)cc1-n1c2ccccc2c2ccc(-c3ccc(C(F)(F)F)cc3C(F)(F)F)cc21. The Morgan fingerprint density at radius 3 is 1.11 bits per heavy atom. The Kier molecular flexibility index (Phi) is 11.6. The van der Waals surface area contributed by atoms with Gasteiger partial charge in [-0.1, -0.05) is 78.9 Å². The lowest BCUT2D eigenvalue weighted by Gasteiger charge is -2.24. The second-order valence-corrected chi connectivity index (χ2v) is 17.4.